The first-order valence-electron chi connectivity index (χ1n) is 7.47. The molecule has 130 valence electrons. The van der Waals surface area contributed by atoms with Crippen LogP contribution >= 0.6 is 34.5 Å². The van der Waals surface area contributed by atoms with E-state index >= 15 is 0 Å². The Morgan fingerprint density at radius 2 is 2.12 bits per heavy atom. The van der Waals surface area contributed by atoms with Gasteiger partial charge < -0.3 is 10.6 Å². The fraction of sp³-hybridized carbons (Fsp3) is 0.250. The van der Waals surface area contributed by atoms with Gasteiger partial charge in [-0.15, -0.1) is 11.3 Å². The number of rotatable bonds is 2. The minimum atomic E-state index is -1.23. The van der Waals surface area contributed by atoms with E-state index in [1.807, 2.05) is 0 Å². The summed E-state index contributed by atoms with van der Waals surface area (Å²) in [5.74, 6) is -1.20. The van der Waals surface area contributed by atoms with Crippen LogP contribution in [0.15, 0.2) is 29.6 Å². The van der Waals surface area contributed by atoms with E-state index in [-0.39, 0.29) is 11.8 Å². The van der Waals surface area contributed by atoms with Crippen LogP contribution in [-0.4, -0.2) is 25.0 Å². The highest BCUT2D eigenvalue weighted by molar-refractivity contribution is 7.10. The van der Waals surface area contributed by atoms with Crippen LogP contribution in [0.4, 0.5) is 5.69 Å². The number of halogens is 2. The fourth-order valence-corrected chi connectivity index (χ4v) is 4.88. The van der Waals surface area contributed by atoms with Crippen molar-refractivity contribution in [1.82, 2.24) is 10.8 Å². The van der Waals surface area contributed by atoms with Crippen LogP contribution in [0.2, 0.25) is 10.0 Å². The number of anilines is 1. The number of nitrogens with one attached hydrogen (secondary N) is 3. The predicted molar refractivity (Wildman–Crippen MR) is 95.9 cm³/mol. The second kappa shape index (κ2) is 5.96. The molecule has 0 saturated carbocycles. The Morgan fingerprint density at radius 3 is 2.80 bits per heavy atom. The van der Waals surface area contributed by atoms with Gasteiger partial charge in [0.1, 0.15) is 0 Å². The lowest BCUT2D eigenvalue weighted by atomic mass is 9.76. The largest absolute Gasteiger partial charge is 0.357 e. The maximum atomic E-state index is 13.0. The Kier molecular flexibility index (Phi) is 4.01. The molecule has 1 fully saturated rings. The number of amides is 2. The van der Waals surface area contributed by atoms with Crippen LogP contribution in [0.1, 0.15) is 16.4 Å². The third-order valence-corrected chi connectivity index (χ3v) is 6.13. The first-order chi connectivity index (χ1) is 12.0. The molecular formula is C16H13Cl2N3O3S. The maximum Gasteiger partial charge on any atom is 0.252 e. The van der Waals surface area contributed by atoms with Crippen molar-refractivity contribution in [3.05, 3.63) is 50.1 Å². The second-order valence-corrected chi connectivity index (χ2v) is 7.67. The quantitative estimate of drug-likeness (QED) is 0.727. The number of likely N-dealkylation sites (N-methyl/N-ethyl adjacent to an activating group) is 1. The molecular weight excluding hydrogens is 385 g/mol. The lowest BCUT2D eigenvalue weighted by molar-refractivity contribution is -0.134. The lowest BCUT2D eigenvalue weighted by Crippen LogP contribution is -2.48. The van der Waals surface area contributed by atoms with Gasteiger partial charge in [-0.05, 0) is 18.2 Å². The monoisotopic (exact) mass is 397 g/mol. The first-order valence-corrected chi connectivity index (χ1v) is 9.10. The highest BCUT2D eigenvalue weighted by atomic mass is 35.5. The van der Waals surface area contributed by atoms with Gasteiger partial charge in [-0.25, -0.2) is 0 Å². The van der Waals surface area contributed by atoms with Crippen molar-refractivity contribution in [3.8, 4) is 0 Å². The topological polar surface area (TPSA) is 79.5 Å². The average Bonchev–Trinajstić information content (AvgIpc) is 3.24. The van der Waals surface area contributed by atoms with Gasteiger partial charge in [-0.1, -0.05) is 29.3 Å². The standard InChI is InChI=1S/C16H13Cl2N3O3S/c1-19-14(22)13-12(11-5-8(18)6-25-11)16(21-24-13)9-3-2-7(17)4-10(9)20-15(16)23/h2-6,12-13,21H,1H3,(H,19,22)(H,20,23)/t12-,13+,16+/m0/s1. The van der Waals surface area contributed by atoms with Crippen molar-refractivity contribution in [2.24, 2.45) is 0 Å². The van der Waals surface area contributed by atoms with E-state index in [9.17, 15) is 9.59 Å². The Labute approximate surface area is 157 Å². The third-order valence-electron chi connectivity index (χ3n) is 4.53. The van der Waals surface area contributed by atoms with Crippen LogP contribution < -0.4 is 16.1 Å². The van der Waals surface area contributed by atoms with Crippen molar-refractivity contribution in [1.29, 1.82) is 0 Å². The molecule has 3 atom stereocenters. The van der Waals surface area contributed by atoms with Crippen LogP contribution in [0.25, 0.3) is 0 Å². The molecule has 6 nitrogen and oxygen atoms in total. The summed E-state index contributed by atoms with van der Waals surface area (Å²) in [5, 5.41) is 8.23. The molecule has 9 heteroatoms. The molecule has 3 heterocycles. The molecule has 2 aliphatic heterocycles. The van der Waals surface area contributed by atoms with Crippen LogP contribution in [0.3, 0.4) is 0 Å². The highest BCUT2D eigenvalue weighted by Gasteiger charge is 2.62. The number of benzene rings is 1. The van der Waals surface area contributed by atoms with Crippen LogP contribution in [0.5, 0.6) is 0 Å². The zero-order valence-corrected chi connectivity index (χ0v) is 15.3. The molecule has 2 aromatic rings. The van der Waals surface area contributed by atoms with Crippen molar-refractivity contribution >= 4 is 52.0 Å². The lowest BCUT2D eigenvalue weighted by Gasteiger charge is -2.28. The summed E-state index contributed by atoms with van der Waals surface area (Å²) in [6, 6.07) is 6.90. The molecule has 4 rings (SSSR count). The van der Waals surface area contributed by atoms with Gasteiger partial charge >= 0.3 is 0 Å². The number of carbonyl (C=O) groups excluding carboxylic acids is 2. The molecule has 3 N–H and O–H groups in total. The predicted octanol–water partition coefficient (Wildman–Crippen LogP) is 2.64. The summed E-state index contributed by atoms with van der Waals surface area (Å²) in [6.07, 6.45) is -0.882. The molecule has 2 amide bonds. The Morgan fingerprint density at radius 1 is 1.32 bits per heavy atom. The summed E-state index contributed by atoms with van der Waals surface area (Å²) in [5.41, 5.74) is 2.88. The summed E-state index contributed by atoms with van der Waals surface area (Å²) in [6.45, 7) is 0. The molecule has 1 aromatic heterocycles. The molecule has 0 bridgehead atoms. The number of hydrogen-bond acceptors (Lipinski definition) is 5. The molecule has 1 spiro atoms. The zero-order chi connectivity index (χ0) is 17.8. The summed E-state index contributed by atoms with van der Waals surface area (Å²) >= 11 is 13.5. The van der Waals surface area contributed by atoms with Gasteiger partial charge in [-0.2, -0.15) is 5.48 Å². The van der Waals surface area contributed by atoms with Crippen molar-refractivity contribution in [2.75, 3.05) is 12.4 Å². The Bertz CT molecular complexity index is 887. The minimum absolute atomic E-state index is 0.300. The highest BCUT2D eigenvalue weighted by Crippen LogP contribution is 2.52. The smallest absolute Gasteiger partial charge is 0.252 e. The van der Waals surface area contributed by atoms with E-state index in [0.717, 1.165) is 4.88 Å². The SMILES string of the molecule is CNC(=O)[C@@H]1ON[C@@]2(C(=O)Nc3cc(Cl)ccc32)[C@H]1c1cc(Cl)cs1. The Balaban J connectivity index is 1.91. The maximum absolute atomic E-state index is 13.0. The number of thiophene rings is 1. The summed E-state index contributed by atoms with van der Waals surface area (Å²) in [7, 11) is 1.53. The molecule has 25 heavy (non-hydrogen) atoms. The zero-order valence-electron chi connectivity index (χ0n) is 12.9. The van der Waals surface area contributed by atoms with E-state index < -0.39 is 17.6 Å². The molecule has 0 radical (unpaired) electrons. The van der Waals surface area contributed by atoms with Crippen molar-refractivity contribution in [3.63, 3.8) is 0 Å². The van der Waals surface area contributed by atoms with Crippen LogP contribution in [0, 0.1) is 0 Å². The van der Waals surface area contributed by atoms with Crippen molar-refractivity contribution < 1.29 is 14.4 Å². The minimum Gasteiger partial charge on any atom is -0.357 e. The van der Waals surface area contributed by atoms with E-state index in [1.54, 1.807) is 29.6 Å². The number of hydroxylamine groups is 1. The van der Waals surface area contributed by atoms with Crippen molar-refractivity contribution in [2.45, 2.75) is 17.6 Å². The molecule has 1 saturated heterocycles. The fourth-order valence-electron chi connectivity index (χ4n) is 3.43. The normalized spacial score (nSPS) is 27.4. The third kappa shape index (κ3) is 2.38. The van der Waals surface area contributed by atoms with E-state index in [1.165, 1.54) is 18.4 Å². The average molecular weight is 398 g/mol. The molecule has 2 aliphatic rings. The van der Waals surface area contributed by atoms with Gasteiger partial charge in [0.05, 0.1) is 10.9 Å². The van der Waals surface area contributed by atoms with Gasteiger partial charge in [0.25, 0.3) is 11.8 Å². The van der Waals surface area contributed by atoms with Gasteiger partial charge in [0.15, 0.2) is 11.6 Å². The molecule has 1 aromatic carbocycles. The van der Waals surface area contributed by atoms with Gasteiger partial charge in [0.2, 0.25) is 0 Å². The first kappa shape index (κ1) is 16.8. The molecule has 0 unspecified atom stereocenters. The second-order valence-electron chi connectivity index (χ2n) is 5.85. The summed E-state index contributed by atoms with van der Waals surface area (Å²) < 4.78 is 0. The van der Waals surface area contributed by atoms with Gasteiger partial charge in [0, 0.05) is 33.6 Å². The Hall–Kier alpha value is -1.64. The van der Waals surface area contributed by atoms with Gasteiger partial charge in [-0.3, -0.25) is 14.4 Å². The van der Waals surface area contributed by atoms with Crippen LogP contribution in [-0.2, 0) is 20.0 Å². The molecule has 0 aliphatic carbocycles. The number of fused-ring (bicyclic) bond motifs is 2. The number of hydrogen-bond donors (Lipinski definition) is 3. The van der Waals surface area contributed by atoms with E-state index in [0.29, 0.717) is 21.3 Å². The van der Waals surface area contributed by atoms with E-state index in [4.69, 9.17) is 28.0 Å². The number of carbonyl (C=O) groups is 2. The summed E-state index contributed by atoms with van der Waals surface area (Å²) in [4.78, 5) is 31.7. The van der Waals surface area contributed by atoms with E-state index in [2.05, 4.69) is 16.1 Å².